The predicted molar refractivity (Wildman–Crippen MR) is 60.9 cm³/mol. The molecule has 82 valence electrons. The Hall–Kier alpha value is -0.960. The molecule has 1 N–H and O–H groups in total. The van der Waals surface area contributed by atoms with E-state index < -0.39 is 0 Å². The van der Waals surface area contributed by atoms with E-state index in [9.17, 15) is 0 Å². The molecule has 0 radical (unpaired) electrons. The minimum atomic E-state index is 0.725. The summed E-state index contributed by atoms with van der Waals surface area (Å²) in [6, 6.07) is 0. The van der Waals surface area contributed by atoms with Crippen molar-refractivity contribution in [2.24, 2.45) is 0 Å². The third-order valence-electron chi connectivity index (χ3n) is 3.15. The zero-order valence-electron chi connectivity index (χ0n) is 9.37. The van der Waals surface area contributed by atoms with Gasteiger partial charge in [0.2, 0.25) is 0 Å². The lowest BCUT2D eigenvalue weighted by atomic mass is 10.0. The number of likely N-dealkylation sites (N-methyl/N-ethyl adjacent to an activating group) is 1. The lowest BCUT2D eigenvalue weighted by Crippen LogP contribution is -2.12. The van der Waals surface area contributed by atoms with Gasteiger partial charge in [0.15, 0.2) is 0 Å². The summed E-state index contributed by atoms with van der Waals surface area (Å²) in [7, 11) is 1.95. The largest absolute Gasteiger partial charge is 0.319 e. The van der Waals surface area contributed by atoms with Gasteiger partial charge in [-0.3, -0.25) is 0 Å². The fourth-order valence-electron chi connectivity index (χ4n) is 2.20. The van der Waals surface area contributed by atoms with Crippen LogP contribution in [0.5, 0.6) is 0 Å². The van der Waals surface area contributed by atoms with Gasteiger partial charge in [-0.05, 0) is 31.4 Å². The molecular formula is C12H19N3. The summed E-state index contributed by atoms with van der Waals surface area (Å²) in [5.41, 5.74) is 1.33. The van der Waals surface area contributed by atoms with E-state index >= 15 is 0 Å². The summed E-state index contributed by atoms with van der Waals surface area (Å²) in [6.45, 7) is 0.947. The fraction of sp³-hybridized carbons (Fsp3) is 0.667. The first kappa shape index (κ1) is 10.6. The van der Waals surface area contributed by atoms with Crippen molar-refractivity contribution in [3.63, 3.8) is 0 Å². The van der Waals surface area contributed by atoms with Gasteiger partial charge in [0.1, 0.15) is 5.82 Å². The van der Waals surface area contributed by atoms with E-state index in [-0.39, 0.29) is 0 Å². The van der Waals surface area contributed by atoms with E-state index in [1.54, 1.807) is 0 Å². The maximum absolute atomic E-state index is 4.41. The number of nitrogens with one attached hydrogen (secondary N) is 1. The van der Waals surface area contributed by atoms with Crippen LogP contribution in [-0.2, 0) is 6.42 Å². The maximum atomic E-state index is 4.41. The van der Waals surface area contributed by atoms with E-state index in [2.05, 4.69) is 15.3 Å². The molecular weight excluding hydrogens is 186 g/mol. The van der Waals surface area contributed by atoms with Crippen molar-refractivity contribution in [1.82, 2.24) is 15.3 Å². The monoisotopic (exact) mass is 205 g/mol. The van der Waals surface area contributed by atoms with Crippen molar-refractivity contribution >= 4 is 0 Å². The zero-order chi connectivity index (χ0) is 10.5. The van der Waals surface area contributed by atoms with E-state index in [0.717, 1.165) is 24.7 Å². The second-order valence-corrected chi connectivity index (χ2v) is 4.27. The normalized spacial score (nSPS) is 17.1. The summed E-state index contributed by atoms with van der Waals surface area (Å²) >= 11 is 0. The van der Waals surface area contributed by atoms with Gasteiger partial charge in [-0.25, -0.2) is 9.97 Å². The Morgan fingerprint density at radius 2 is 1.93 bits per heavy atom. The zero-order valence-corrected chi connectivity index (χ0v) is 9.37. The van der Waals surface area contributed by atoms with Crippen molar-refractivity contribution in [3.05, 3.63) is 23.8 Å². The van der Waals surface area contributed by atoms with Crippen LogP contribution in [-0.4, -0.2) is 23.6 Å². The van der Waals surface area contributed by atoms with Crippen molar-refractivity contribution in [1.29, 1.82) is 0 Å². The summed E-state index contributed by atoms with van der Waals surface area (Å²) in [4.78, 5) is 8.82. The number of rotatable bonds is 4. The highest BCUT2D eigenvalue weighted by atomic mass is 14.9. The Balaban J connectivity index is 1.96. The van der Waals surface area contributed by atoms with Crippen molar-refractivity contribution in [3.8, 4) is 0 Å². The van der Waals surface area contributed by atoms with Crippen LogP contribution in [0.2, 0.25) is 0 Å². The molecule has 15 heavy (non-hydrogen) atoms. The molecule has 2 rings (SSSR count). The van der Waals surface area contributed by atoms with Crippen LogP contribution in [0.15, 0.2) is 12.4 Å². The second-order valence-electron chi connectivity index (χ2n) is 4.27. The molecule has 0 aliphatic heterocycles. The van der Waals surface area contributed by atoms with E-state index in [1.165, 1.54) is 31.2 Å². The highest BCUT2D eigenvalue weighted by Crippen LogP contribution is 2.33. The molecule has 0 unspecified atom stereocenters. The lowest BCUT2D eigenvalue weighted by Gasteiger charge is -2.08. The number of nitrogens with zero attached hydrogens (tertiary/aromatic N) is 2. The Bertz CT molecular complexity index is 288. The van der Waals surface area contributed by atoms with E-state index in [4.69, 9.17) is 0 Å². The van der Waals surface area contributed by atoms with Crippen LogP contribution >= 0.6 is 0 Å². The third kappa shape index (κ3) is 2.75. The molecule has 1 aromatic rings. The van der Waals surface area contributed by atoms with Crippen LogP contribution in [0.4, 0.5) is 0 Å². The van der Waals surface area contributed by atoms with Gasteiger partial charge < -0.3 is 5.32 Å². The number of aromatic nitrogens is 2. The van der Waals surface area contributed by atoms with Crippen molar-refractivity contribution < 1.29 is 0 Å². The molecule has 0 bridgehead atoms. The first-order valence-electron chi connectivity index (χ1n) is 5.85. The van der Waals surface area contributed by atoms with Gasteiger partial charge in [0.05, 0.1) is 0 Å². The Morgan fingerprint density at radius 1 is 1.27 bits per heavy atom. The van der Waals surface area contributed by atoms with Gasteiger partial charge >= 0.3 is 0 Å². The van der Waals surface area contributed by atoms with Gasteiger partial charge in [-0.1, -0.05) is 12.8 Å². The molecule has 0 aromatic carbocycles. The van der Waals surface area contributed by atoms with Crippen molar-refractivity contribution in [2.75, 3.05) is 13.6 Å². The van der Waals surface area contributed by atoms with Gasteiger partial charge in [-0.15, -0.1) is 0 Å². The van der Waals surface area contributed by atoms with Crippen LogP contribution in [0.3, 0.4) is 0 Å². The minimum absolute atomic E-state index is 0.725. The van der Waals surface area contributed by atoms with Crippen LogP contribution in [0.1, 0.15) is 43.0 Å². The molecule has 0 spiro atoms. The quantitative estimate of drug-likeness (QED) is 0.815. The topological polar surface area (TPSA) is 37.8 Å². The summed E-state index contributed by atoms with van der Waals surface area (Å²) in [5.74, 6) is 1.68. The van der Waals surface area contributed by atoms with E-state index in [0.29, 0.717) is 0 Å². The fourth-order valence-corrected chi connectivity index (χ4v) is 2.20. The third-order valence-corrected chi connectivity index (χ3v) is 3.15. The Morgan fingerprint density at radius 3 is 2.53 bits per heavy atom. The van der Waals surface area contributed by atoms with Crippen LogP contribution in [0.25, 0.3) is 0 Å². The smallest absolute Gasteiger partial charge is 0.129 e. The number of hydrogen-bond acceptors (Lipinski definition) is 3. The highest BCUT2D eigenvalue weighted by Gasteiger charge is 2.17. The van der Waals surface area contributed by atoms with Gasteiger partial charge in [0.25, 0.3) is 0 Å². The first-order valence-corrected chi connectivity index (χ1v) is 5.85. The average molecular weight is 205 g/mol. The summed E-state index contributed by atoms with van der Waals surface area (Å²) in [5, 5.41) is 3.11. The summed E-state index contributed by atoms with van der Waals surface area (Å²) < 4.78 is 0. The average Bonchev–Trinajstić information content (AvgIpc) is 2.80. The van der Waals surface area contributed by atoms with Gasteiger partial charge in [0, 0.05) is 25.4 Å². The van der Waals surface area contributed by atoms with Gasteiger partial charge in [-0.2, -0.15) is 0 Å². The highest BCUT2D eigenvalue weighted by molar-refractivity contribution is 5.13. The molecule has 1 fully saturated rings. The molecule has 1 aliphatic carbocycles. The molecule has 3 nitrogen and oxygen atoms in total. The first-order chi connectivity index (χ1) is 7.40. The second kappa shape index (κ2) is 5.21. The molecule has 3 heteroatoms. The summed E-state index contributed by atoms with van der Waals surface area (Å²) in [6.07, 6.45) is 10.3. The van der Waals surface area contributed by atoms with Crippen molar-refractivity contribution in [2.45, 2.75) is 38.0 Å². The molecule has 0 atom stereocenters. The number of hydrogen-bond donors (Lipinski definition) is 1. The molecule has 1 aliphatic rings. The molecule has 1 saturated carbocycles. The molecule has 1 heterocycles. The molecule has 0 amide bonds. The van der Waals surface area contributed by atoms with Crippen LogP contribution in [0, 0.1) is 0 Å². The Kier molecular flexibility index (Phi) is 3.67. The lowest BCUT2D eigenvalue weighted by molar-refractivity contribution is 0.701. The predicted octanol–water partition coefficient (Wildman–Crippen LogP) is 1.90. The maximum Gasteiger partial charge on any atom is 0.129 e. The SMILES string of the molecule is CNCCc1ncc(C2CCCC2)cn1. The Labute approximate surface area is 91.3 Å². The minimum Gasteiger partial charge on any atom is -0.319 e. The standard InChI is InChI=1S/C12H19N3/c1-13-7-6-12-14-8-11(9-15-12)10-4-2-3-5-10/h8-10,13H,2-7H2,1H3. The molecule has 0 saturated heterocycles. The van der Waals surface area contributed by atoms with E-state index in [1.807, 2.05) is 19.4 Å². The molecule has 1 aromatic heterocycles. The van der Waals surface area contributed by atoms with Crippen LogP contribution < -0.4 is 5.32 Å².